The second kappa shape index (κ2) is 3.29. The summed E-state index contributed by atoms with van der Waals surface area (Å²) in [6.07, 6.45) is 5.38. The first-order chi connectivity index (χ1) is 5.12. The molecule has 0 aromatic carbocycles. The molecule has 0 unspecified atom stereocenters. The molecule has 0 amide bonds. The lowest BCUT2D eigenvalue weighted by Gasteiger charge is -2.23. The first-order valence-corrected chi connectivity index (χ1v) is 4.41. The third-order valence-corrected chi connectivity index (χ3v) is 2.48. The Morgan fingerprint density at radius 2 is 2.00 bits per heavy atom. The Hall–Kier alpha value is -0.460. The van der Waals surface area contributed by atoms with Crippen LogP contribution in [-0.2, 0) is 4.74 Å². The SMILES string of the molecule is C=C(C)OCC1(C)CCCC1. The van der Waals surface area contributed by atoms with Gasteiger partial charge in [-0.25, -0.2) is 0 Å². The van der Waals surface area contributed by atoms with Gasteiger partial charge in [-0.3, -0.25) is 0 Å². The highest BCUT2D eigenvalue weighted by atomic mass is 16.5. The molecule has 0 aliphatic heterocycles. The van der Waals surface area contributed by atoms with Crippen molar-refractivity contribution in [2.45, 2.75) is 39.5 Å². The zero-order chi connectivity index (χ0) is 8.32. The van der Waals surface area contributed by atoms with E-state index in [4.69, 9.17) is 4.74 Å². The van der Waals surface area contributed by atoms with E-state index in [1.165, 1.54) is 25.7 Å². The number of ether oxygens (including phenoxy) is 1. The second-order valence-corrected chi connectivity index (χ2v) is 4.01. The molecular formula is C10H18O. The van der Waals surface area contributed by atoms with Gasteiger partial charge in [0, 0.05) is 5.41 Å². The van der Waals surface area contributed by atoms with Gasteiger partial charge in [0.1, 0.15) is 0 Å². The van der Waals surface area contributed by atoms with Crippen LogP contribution in [0.25, 0.3) is 0 Å². The van der Waals surface area contributed by atoms with Gasteiger partial charge in [-0.15, -0.1) is 0 Å². The van der Waals surface area contributed by atoms with Gasteiger partial charge >= 0.3 is 0 Å². The van der Waals surface area contributed by atoms with Gasteiger partial charge in [0.05, 0.1) is 12.4 Å². The van der Waals surface area contributed by atoms with Crippen LogP contribution in [0.1, 0.15) is 39.5 Å². The van der Waals surface area contributed by atoms with Crippen molar-refractivity contribution in [2.75, 3.05) is 6.61 Å². The average Bonchev–Trinajstić information content (AvgIpc) is 2.33. The molecule has 0 N–H and O–H groups in total. The first kappa shape index (κ1) is 8.63. The minimum atomic E-state index is 0.443. The van der Waals surface area contributed by atoms with Crippen LogP contribution < -0.4 is 0 Å². The van der Waals surface area contributed by atoms with Gasteiger partial charge in [-0.1, -0.05) is 26.3 Å². The van der Waals surface area contributed by atoms with E-state index in [9.17, 15) is 0 Å². The van der Waals surface area contributed by atoms with E-state index in [1.54, 1.807) is 0 Å². The predicted molar refractivity (Wildman–Crippen MR) is 47.3 cm³/mol. The van der Waals surface area contributed by atoms with Crippen LogP contribution >= 0.6 is 0 Å². The third-order valence-electron chi connectivity index (χ3n) is 2.48. The minimum absolute atomic E-state index is 0.443. The Kier molecular flexibility index (Phi) is 2.58. The molecule has 0 aromatic heterocycles. The van der Waals surface area contributed by atoms with E-state index in [1.807, 2.05) is 6.92 Å². The zero-order valence-corrected chi connectivity index (χ0v) is 7.65. The smallest absolute Gasteiger partial charge is 0.0930 e. The lowest BCUT2D eigenvalue weighted by atomic mass is 9.90. The fraction of sp³-hybridized carbons (Fsp3) is 0.800. The van der Waals surface area contributed by atoms with Crippen molar-refractivity contribution in [3.8, 4) is 0 Å². The van der Waals surface area contributed by atoms with Crippen molar-refractivity contribution in [3.63, 3.8) is 0 Å². The van der Waals surface area contributed by atoms with E-state index < -0.39 is 0 Å². The number of hydrogen-bond donors (Lipinski definition) is 0. The van der Waals surface area contributed by atoms with Crippen molar-refractivity contribution in [3.05, 3.63) is 12.3 Å². The van der Waals surface area contributed by atoms with E-state index >= 15 is 0 Å². The Labute approximate surface area is 69.4 Å². The molecule has 0 atom stereocenters. The van der Waals surface area contributed by atoms with Gasteiger partial charge in [0.15, 0.2) is 0 Å². The van der Waals surface area contributed by atoms with E-state index in [-0.39, 0.29) is 0 Å². The standard InChI is InChI=1S/C10H18O/c1-9(2)11-8-10(3)6-4-5-7-10/h1,4-8H2,2-3H3. The monoisotopic (exact) mass is 154 g/mol. The van der Waals surface area contributed by atoms with Crippen LogP contribution in [0.2, 0.25) is 0 Å². The van der Waals surface area contributed by atoms with E-state index in [0.717, 1.165) is 12.4 Å². The van der Waals surface area contributed by atoms with Crippen molar-refractivity contribution in [1.82, 2.24) is 0 Å². The predicted octanol–water partition coefficient (Wildman–Crippen LogP) is 3.12. The van der Waals surface area contributed by atoms with Gasteiger partial charge in [-0.2, -0.15) is 0 Å². The Balaban J connectivity index is 2.28. The minimum Gasteiger partial charge on any atom is -0.498 e. The topological polar surface area (TPSA) is 9.23 Å². The largest absolute Gasteiger partial charge is 0.498 e. The van der Waals surface area contributed by atoms with E-state index in [0.29, 0.717) is 5.41 Å². The maximum absolute atomic E-state index is 5.43. The summed E-state index contributed by atoms with van der Waals surface area (Å²) in [6, 6.07) is 0. The molecule has 11 heavy (non-hydrogen) atoms. The summed E-state index contributed by atoms with van der Waals surface area (Å²) in [6.45, 7) is 8.81. The van der Waals surface area contributed by atoms with Gasteiger partial charge in [0.2, 0.25) is 0 Å². The lowest BCUT2D eigenvalue weighted by molar-refractivity contribution is 0.109. The molecule has 1 heteroatoms. The fourth-order valence-corrected chi connectivity index (χ4v) is 1.67. The van der Waals surface area contributed by atoms with Gasteiger partial charge in [-0.05, 0) is 19.8 Å². The van der Waals surface area contributed by atoms with Crippen LogP contribution in [0.4, 0.5) is 0 Å². The average molecular weight is 154 g/mol. The molecule has 1 rings (SSSR count). The highest BCUT2D eigenvalue weighted by Gasteiger charge is 2.29. The van der Waals surface area contributed by atoms with Crippen molar-refractivity contribution < 1.29 is 4.74 Å². The molecule has 0 saturated heterocycles. The summed E-state index contributed by atoms with van der Waals surface area (Å²) in [7, 11) is 0. The third kappa shape index (κ3) is 2.57. The summed E-state index contributed by atoms with van der Waals surface area (Å²) >= 11 is 0. The Bertz CT molecular complexity index is 143. The number of allylic oxidation sites excluding steroid dienone is 1. The quantitative estimate of drug-likeness (QED) is 0.567. The van der Waals surface area contributed by atoms with E-state index in [2.05, 4.69) is 13.5 Å². The first-order valence-electron chi connectivity index (χ1n) is 4.41. The summed E-state index contributed by atoms with van der Waals surface area (Å²) in [5.74, 6) is 0.845. The van der Waals surface area contributed by atoms with Crippen molar-refractivity contribution in [1.29, 1.82) is 0 Å². The zero-order valence-electron chi connectivity index (χ0n) is 7.65. The molecule has 0 bridgehead atoms. The Morgan fingerprint density at radius 3 is 2.45 bits per heavy atom. The molecule has 1 aliphatic rings. The normalized spacial score (nSPS) is 21.6. The van der Waals surface area contributed by atoms with Gasteiger partial charge < -0.3 is 4.74 Å². The van der Waals surface area contributed by atoms with Crippen molar-refractivity contribution in [2.24, 2.45) is 5.41 Å². The molecule has 64 valence electrons. The van der Waals surface area contributed by atoms with Gasteiger partial charge in [0.25, 0.3) is 0 Å². The summed E-state index contributed by atoms with van der Waals surface area (Å²) in [4.78, 5) is 0. The number of rotatable bonds is 3. The van der Waals surface area contributed by atoms with Crippen LogP contribution in [0, 0.1) is 5.41 Å². The van der Waals surface area contributed by atoms with Crippen LogP contribution in [-0.4, -0.2) is 6.61 Å². The summed E-state index contributed by atoms with van der Waals surface area (Å²) in [5, 5.41) is 0. The highest BCUT2D eigenvalue weighted by Crippen LogP contribution is 2.37. The summed E-state index contributed by atoms with van der Waals surface area (Å²) in [5.41, 5.74) is 0.443. The molecule has 1 fully saturated rings. The molecule has 1 saturated carbocycles. The molecule has 1 nitrogen and oxygen atoms in total. The van der Waals surface area contributed by atoms with Crippen LogP contribution in [0.15, 0.2) is 12.3 Å². The van der Waals surface area contributed by atoms with Crippen LogP contribution in [0.5, 0.6) is 0 Å². The molecular weight excluding hydrogens is 136 g/mol. The maximum atomic E-state index is 5.43. The molecule has 0 spiro atoms. The number of hydrogen-bond acceptors (Lipinski definition) is 1. The highest BCUT2D eigenvalue weighted by molar-refractivity contribution is 4.83. The summed E-state index contributed by atoms with van der Waals surface area (Å²) < 4.78 is 5.43. The molecule has 0 aromatic rings. The maximum Gasteiger partial charge on any atom is 0.0930 e. The molecule has 0 heterocycles. The Morgan fingerprint density at radius 1 is 1.45 bits per heavy atom. The van der Waals surface area contributed by atoms with Crippen LogP contribution in [0.3, 0.4) is 0 Å². The van der Waals surface area contributed by atoms with Crippen molar-refractivity contribution >= 4 is 0 Å². The molecule has 1 aliphatic carbocycles. The lowest BCUT2D eigenvalue weighted by Crippen LogP contribution is -2.18. The molecule has 0 radical (unpaired) electrons. The second-order valence-electron chi connectivity index (χ2n) is 4.01. The fourth-order valence-electron chi connectivity index (χ4n) is 1.67.